The van der Waals surface area contributed by atoms with Crippen LogP contribution in [0.1, 0.15) is 16.8 Å². The Bertz CT molecular complexity index is 206. The van der Waals surface area contributed by atoms with Crippen molar-refractivity contribution < 1.29 is 9.90 Å². The van der Waals surface area contributed by atoms with Gasteiger partial charge >= 0.3 is 0 Å². The molecule has 2 N–H and O–H groups in total. The lowest BCUT2D eigenvalue weighted by Crippen LogP contribution is -1.99. The third-order valence-corrected chi connectivity index (χ3v) is 1.16. The molecule has 1 heterocycles. The van der Waals surface area contributed by atoms with E-state index in [-0.39, 0.29) is 18.8 Å². The second-order valence-corrected chi connectivity index (χ2v) is 1.88. The Labute approximate surface area is 57.9 Å². The smallest absolute Gasteiger partial charge is 0.168 e. The molecule has 0 saturated heterocycles. The molecule has 1 aromatic heterocycles. The van der Waals surface area contributed by atoms with Gasteiger partial charge in [0.25, 0.3) is 0 Å². The molecule has 0 aliphatic heterocycles. The third kappa shape index (κ3) is 1.41. The number of carbonyl (C=O) groups is 1. The molecule has 54 valence electrons. The number of nitrogens with zero attached hydrogens (tertiary/aromatic N) is 1. The summed E-state index contributed by atoms with van der Waals surface area (Å²) in [4.78, 5) is 10.9. The molecule has 0 amide bonds. The number of hydrogen-bond donors (Lipinski definition) is 2. The molecule has 0 spiro atoms. The van der Waals surface area contributed by atoms with Crippen molar-refractivity contribution in [2.75, 3.05) is 6.61 Å². The minimum atomic E-state index is -0.107. The fraction of sp³-hybridized carbons (Fsp3) is 0.333. The van der Waals surface area contributed by atoms with Crippen LogP contribution in [0.2, 0.25) is 0 Å². The summed E-state index contributed by atoms with van der Waals surface area (Å²) in [6.07, 6.45) is 3.12. The van der Waals surface area contributed by atoms with Crippen LogP contribution in [0, 0.1) is 0 Å². The number of carbonyl (C=O) groups excluding carboxylic acids is 1. The third-order valence-electron chi connectivity index (χ3n) is 1.16. The van der Waals surface area contributed by atoms with Gasteiger partial charge < -0.3 is 5.11 Å². The lowest BCUT2D eigenvalue weighted by Gasteiger charge is -1.89. The summed E-state index contributed by atoms with van der Waals surface area (Å²) < 4.78 is 0. The average Bonchev–Trinajstić information content (AvgIpc) is 2.38. The van der Waals surface area contributed by atoms with E-state index >= 15 is 0 Å². The van der Waals surface area contributed by atoms with Crippen molar-refractivity contribution in [2.45, 2.75) is 6.42 Å². The van der Waals surface area contributed by atoms with Crippen LogP contribution >= 0.6 is 0 Å². The van der Waals surface area contributed by atoms with Gasteiger partial charge in [-0.15, -0.1) is 0 Å². The number of aromatic amines is 1. The van der Waals surface area contributed by atoms with Crippen LogP contribution in [0.15, 0.2) is 12.4 Å². The first-order valence-electron chi connectivity index (χ1n) is 2.97. The molecule has 4 heteroatoms. The van der Waals surface area contributed by atoms with Crippen molar-refractivity contribution in [3.63, 3.8) is 0 Å². The zero-order valence-corrected chi connectivity index (χ0v) is 5.37. The summed E-state index contributed by atoms with van der Waals surface area (Å²) >= 11 is 0. The Balaban J connectivity index is 2.59. The molecule has 0 aliphatic carbocycles. The van der Waals surface area contributed by atoms with Crippen molar-refractivity contribution in [3.8, 4) is 0 Å². The molecule has 0 unspecified atom stereocenters. The highest BCUT2D eigenvalue weighted by Crippen LogP contribution is 1.97. The second kappa shape index (κ2) is 3.12. The maximum absolute atomic E-state index is 10.9. The maximum Gasteiger partial charge on any atom is 0.168 e. The molecule has 1 rings (SSSR count). The normalized spacial score (nSPS) is 9.70. The van der Waals surface area contributed by atoms with Gasteiger partial charge in [0.1, 0.15) is 0 Å². The van der Waals surface area contributed by atoms with Gasteiger partial charge in [0.15, 0.2) is 5.78 Å². The van der Waals surface area contributed by atoms with E-state index in [1.165, 1.54) is 12.4 Å². The Morgan fingerprint density at radius 2 is 2.60 bits per heavy atom. The Morgan fingerprint density at radius 3 is 3.10 bits per heavy atom. The van der Waals surface area contributed by atoms with Crippen molar-refractivity contribution in [2.24, 2.45) is 0 Å². The van der Waals surface area contributed by atoms with Crippen LogP contribution in [0.4, 0.5) is 0 Å². The van der Waals surface area contributed by atoms with E-state index in [4.69, 9.17) is 5.11 Å². The zero-order chi connectivity index (χ0) is 7.40. The molecule has 0 bridgehead atoms. The van der Waals surface area contributed by atoms with E-state index in [1.54, 1.807) is 0 Å². The summed E-state index contributed by atoms with van der Waals surface area (Å²) in [5.41, 5.74) is 0.522. The largest absolute Gasteiger partial charge is 0.396 e. The fourth-order valence-corrected chi connectivity index (χ4v) is 0.649. The van der Waals surface area contributed by atoms with Crippen molar-refractivity contribution in [1.29, 1.82) is 0 Å². The predicted molar refractivity (Wildman–Crippen MR) is 34.6 cm³/mol. The quantitative estimate of drug-likeness (QED) is 0.579. The Kier molecular flexibility index (Phi) is 2.17. The number of hydrogen-bond acceptors (Lipinski definition) is 3. The molecule has 4 nitrogen and oxygen atoms in total. The van der Waals surface area contributed by atoms with Gasteiger partial charge in [0, 0.05) is 12.6 Å². The monoisotopic (exact) mass is 140 g/mol. The number of aliphatic hydroxyl groups is 1. The maximum atomic E-state index is 10.9. The van der Waals surface area contributed by atoms with Gasteiger partial charge in [-0.25, -0.2) is 0 Å². The molecular weight excluding hydrogens is 132 g/mol. The SMILES string of the molecule is O=C(CCO)c1cn[nH]c1. The van der Waals surface area contributed by atoms with Gasteiger partial charge in [0.2, 0.25) is 0 Å². The first-order valence-corrected chi connectivity index (χ1v) is 2.97. The summed E-state index contributed by atoms with van der Waals surface area (Å²) in [5, 5.41) is 14.5. The van der Waals surface area contributed by atoms with Gasteiger partial charge in [-0.05, 0) is 0 Å². The molecular formula is C6H8N2O2. The first-order chi connectivity index (χ1) is 4.84. The van der Waals surface area contributed by atoms with Gasteiger partial charge in [0.05, 0.1) is 18.4 Å². The summed E-state index contributed by atoms with van der Waals surface area (Å²) in [5.74, 6) is -0.0868. The highest BCUT2D eigenvalue weighted by molar-refractivity contribution is 5.95. The van der Waals surface area contributed by atoms with Crippen LogP contribution in [0.5, 0.6) is 0 Å². The van der Waals surface area contributed by atoms with Gasteiger partial charge in [-0.2, -0.15) is 5.10 Å². The highest BCUT2D eigenvalue weighted by atomic mass is 16.3. The lowest BCUT2D eigenvalue weighted by atomic mass is 10.2. The Hall–Kier alpha value is -1.16. The van der Waals surface area contributed by atoms with Crippen molar-refractivity contribution in [3.05, 3.63) is 18.0 Å². The summed E-state index contributed by atoms with van der Waals surface area (Å²) in [7, 11) is 0. The van der Waals surface area contributed by atoms with Gasteiger partial charge in [-0.3, -0.25) is 9.89 Å². The zero-order valence-electron chi connectivity index (χ0n) is 5.37. The van der Waals surface area contributed by atoms with E-state index in [9.17, 15) is 4.79 Å². The lowest BCUT2D eigenvalue weighted by molar-refractivity contribution is 0.0957. The highest BCUT2D eigenvalue weighted by Gasteiger charge is 2.03. The number of nitrogens with one attached hydrogen (secondary N) is 1. The van der Waals surface area contributed by atoms with E-state index in [1.807, 2.05) is 0 Å². The molecule has 0 atom stereocenters. The number of aliphatic hydroxyl groups excluding tert-OH is 1. The number of ketones is 1. The molecule has 0 saturated carbocycles. The second-order valence-electron chi connectivity index (χ2n) is 1.88. The molecule has 0 radical (unpaired) electrons. The van der Waals surface area contributed by atoms with Crippen LogP contribution in [0.25, 0.3) is 0 Å². The van der Waals surface area contributed by atoms with Crippen LogP contribution in [0.3, 0.4) is 0 Å². The number of rotatable bonds is 3. The van der Waals surface area contributed by atoms with Gasteiger partial charge in [-0.1, -0.05) is 0 Å². The van der Waals surface area contributed by atoms with Crippen LogP contribution in [-0.4, -0.2) is 27.7 Å². The molecule has 0 fully saturated rings. The minimum Gasteiger partial charge on any atom is -0.396 e. The minimum absolute atomic E-state index is 0.0868. The molecule has 0 aromatic carbocycles. The standard InChI is InChI=1S/C6H8N2O2/c9-2-1-6(10)5-3-7-8-4-5/h3-4,9H,1-2H2,(H,7,8). The van der Waals surface area contributed by atoms with E-state index in [2.05, 4.69) is 10.2 Å². The van der Waals surface area contributed by atoms with Crippen LogP contribution in [-0.2, 0) is 0 Å². The van der Waals surface area contributed by atoms with Crippen molar-refractivity contribution >= 4 is 5.78 Å². The fourth-order valence-electron chi connectivity index (χ4n) is 0.649. The van der Waals surface area contributed by atoms with E-state index in [0.717, 1.165) is 0 Å². The molecule has 1 aromatic rings. The topological polar surface area (TPSA) is 66.0 Å². The number of H-pyrrole nitrogens is 1. The van der Waals surface area contributed by atoms with E-state index < -0.39 is 0 Å². The van der Waals surface area contributed by atoms with E-state index in [0.29, 0.717) is 5.56 Å². The summed E-state index contributed by atoms with van der Waals surface area (Å²) in [6.45, 7) is -0.107. The predicted octanol–water partition coefficient (Wildman–Crippen LogP) is -0.0252. The average molecular weight is 140 g/mol. The van der Waals surface area contributed by atoms with Crippen molar-refractivity contribution in [1.82, 2.24) is 10.2 Å². The Morgan fingerprint density at radius 1 is 1.80 bits per heavy atom. The summed E-state index contributed by atoms with van der Waals surface area (Å²) in [6, 6.07) is 0. The molecule has 0 aliphatic rings. The number of aromatic nitrogens is 2. The number of Topliss-reactive ketones (excluding diaryl/α,β-unsaturated/α-hetero) is 1. The van der Waals surface area contributed by atoms with Crippen LogP contribution < -0.4 is 0 Å². The first kappa shape index (κ1) is 6.95. The molecule has 10 heavy (non-hydrogen) atoms.